The normalized spacial score (nSPS) is 16.7. The molecule has 4 heteroatoms. The van der Waals surface area contributed by atoms with Crippen LogP contribution in [0, 0.1) is 12.8 Å². The Morgan fingerprint density at radius 1 is 1.23 bits per heavy atom. The highest BCUT2D eigenvalue weighted by molar-refractivity contribution is 6.35. The van der Waals surface area contributed by atoms with Crippen molar-refractivity contribution in [3.63, 3.8) is 0 Å². The zero-order chi connectivity index (χ0) is 15.9. The van der Waals surface area contributed by atoms with E-state index in [2.05, 4.69) is 0 Å². The molecule has 114 valence electrons. The van der Waals surface area contributed by atoms with Crippen molar-refractivity contribution in [1.82, 2.24) is 0 Å². The molecule has 0 N–H and O–H groups in total. The lowest BCUT2D eigenvalue weighted by molar-refractivity contribution is 0.0946. The Kier molecular flexibility index (Phi) is 4.16. The molecule has 3 rings (SSSR count). The van der Waals surface area contributed by atoms with Crippen molar-refractivity contribution in [1.29, 1.82) is 0 Å². The lowest BCUT2D eigenvalue weighted by atomic mass is 10.0. The summed E-state index contributed by atoms with van der Waals surface area (Å²) in [5, 5.41) is 1.18. The Labute approximate surface area is 140 Å². The first kappa shape index (κ1) is 15.4. The van der Waals surface area contributed by atoms with Crippen molar-refractivity contribution in [3.05, 3.63) is 62.6 Å². The van der Waals surface area contributed by atoms with Crippen molar-refractivity contribution in [2.75, 3.05) is 0 Å². The number of hydrogen-bond acceptors (Lipinski definition) is 2. The van der Waals surface area contributed by atoms with Crippen LogP contribution in [0.5, 0.6) is 5.75 Å². The van der Waals surface area contributed by atoms with E-state index < -0.39 is 0 Å². The predicted octanol–water partition coefficient (Wildman–Crippen LogP) is 5.26. The van der Waals surface area contributed by atoms with Gasteiger partial charge in [-0.15, -0.1) is 0 Å². The highest BCUT2D eigenvalue weighted by Crippen LogP contribution is 2.33. The number of carbonyl (C=O) groups excluding carboxylic acids is 1. The van der Waals surface area contributed by atoms with E-state index in [9.17, 15) is 4.79 Å². The summed E-state index contributed by atoms with van der Waals surface area (Å²) in [5.74, 6) is 1.03. The number of hydrogen-bond donors (Lipinski definition) is 0. The molecule has 22 heavy (non-hydrogen) atoms. The Morgan fingerprint density at radius 2 is 1.91 bits per heavy atom. The predicted molar refractivity (Wildman–Crippen MR) is 89.2 cm³/mol. The highest BCUT2D eigenvalue weighted by Gasteiger charge is 2.29. The fourth-order valence-corrected chi connectivity index (χ4v) is 3.42. The Bertz CT molecular complexity index is 733. The maximum Gasteiger partial charge on any atom is 0.166 e. The van der Waals surface area contributed by atoms with Gasteiger partial charge >= 0.3 is 0 Å². The van der Waals surface area contributed by atoms with E-state index in [1.54, 1.807) is 18.2 Å². The van der Waals surface area contributed by atoms with Gasteiger partial charge in [-0.1, -0.05) is 36.2 Å². The molecule has 0 radical (unpaired) electrons. The number of halogens is 2. The molecule has 1 aliphatic rings. The van der Waals surface area contributed by atoms with Crippen LogP contribution < -0.4 is 4.74 Å². The minimum atomic E-state index is 0.0574. The third-order valence-corrected chi connectivity index (χ3v) is 4.76. The SMILES string of the molecule is Cc1cc(OCc2c(Cl)cccc2Cl)cc2c1C(=O)C(C)C2. The van der Waals surface area contributed by atoms with Crippen LogP contribution in [0.2, 0.25) is 10.0 Å². The fraction of sp³-hybridized carbons (Fsp3) is 0.278. The second kappa shape index (κ2) is 5.94. The van der Waals surface area contributed by atoms with Crippen LogP contribution in [0.4, 0.5) is 0 Å². The molecule has 0 amide bonds. The van der Waals surface area contributed by atoms with Gasteiger partial charge in [0.1, 0.15) is 12.4 Å². The first-order valence-corrected chi connectivity index (χ1v) is 7.96. The van der Waals surface area contributed by atoms with Gasteiger partial charge in [-0.25, -0.2) is 0 Å². The van der Waals surface area contributed by atoms with Crippen LogP contribution in [-0.4, -0.2) is 5.78 Å². The maximum atomic E-state index is 12.1. The van der Waals surface area contributed by atoms with Crippen LogP contribution in [0.3, 0.4) is 0 Å². The zero-order valence-electron chi connectivity index (χ0n) is 12.5. The second-order valence-corrected chi connectivity index (χ2v) is 6.55. The molecule has 0 aromatic heterocycles. The largest absolute Gasteiger partial charge is 0.489 e. The maximum absolute atomic E-state index is 12.1. The summed E-state index contributed by atoms with van der Waals surface area (Å²) in [7, 11) is 0. The van der Waals surface area contributed by atoms with Crippen LogP contribution in [0.25, 0.3) is 0 Å². The molecule has 1 unspecified atom stereocenters. The second-order valence-electron chi connectivity index (χ2n) is 5.73. The van der Waals surface area contributed by atoms with Gasteiger partial charge in [0.25, 0.3) is 0 Å². The van der Waals surface area contributed by atoms with E-state index in [1.807, 2.05) is 26.0 Å². The lowest BCUT2D eigenvalue weighted by Gasteiger charge is -2.12. The third kappa shape index (κ3) is 2.73. The molecule has 0 saturated carbocycles. The summed E-state index contributed by atoms with van der Waals surface area (Å²) < 4.78 is 5.85. The van der Waals surface area contributed by atoms with Crippen LogP contribution in [-0.2, 0) is 13.0 Å². The molecule has 2 aromatic rings. The van der Waals surface area contributed by atoms with Crippen LogP contribution >= 0.6 is 23.2 Å². The van der Waals surface area contributed by atoms with Crippen LogP contribution in [0.15, 0.2) is 30.3 Å². The number of Topliss-reactive ketones (excluding diaryl/α,β-unsaturated/α-hetero) is 1. The summed E-state index contributed by atoms with van der Waals surface area (Å²) >= 11 is 12.3. The minimum absolute atomic E-state index is 0.0574. The number of ketones is 1. The van der Waals surface area contributed by atoms with E-state index in [1.165, 1.54) is 0 Å². The summed E-state index contributed by atoms with van der Waals surface area (Å²) in [6, 6.07) is 9.25. The lowest BCUT2D eigenvalue weighted by Crippen LogP contribution is -2.04. The Morgan fingerprint density at radius 3 is 2.59 bits per heavy atom. The molecule has 1 aliphatic carbocycles. The summed E-state index contributed by atoms with van der Waals surface area (Å²) in [4.78, 5) is 12.1. The Hall–Kier alpha value is -1.51. The smallest absolute Gasteiger partial charge is 0.166 e. The molecule has 0 fully saturated rings. The van der Waals surface area contributed by atoms with Gasteiger partial charge in [0.05, 0.1) is 0 Å². The first-order chi connectivity index (χ1) is 10.5. The Balaban J connectivity index is 1.85. The molecular formula is C18H16Cl2O2. The molecule has 0 saturated heterocycles. The molecule has 0 aliphatic heterocycles. The molecule has 0 heterocycles. The minimum Gasteiger partial charge on any atom is -0.489 e. The van der Waals surface area contributed by atoms with Crippen molar-refractivity contribution in [3.8, 4) is 5.75 Å². The number of benzene rings is 2. The van der Waals surface area contributed by atoms with Gasteiger partial charge in [-0.05, 0) is 48.7 Å². The van der Waals surface area contributed by atoms with Crippen molar-refractivity contribution >= 4 is 29.0 Å². The van der Waals surface area contributed by atoms with Crippen LogP contribution in [0.1, 0.15) is 34.0 Å². The van der Waals surface area contributed by atoms with Gasteiger partial charge in [0.15, 0.2) is 5.78 Å². The van der Waals surface area contributed by atoms with Crippen molar-refractivity contribution < 1.29 is 9.53 Å². The molecule has 1 atom stereocenters. The van der Waals surface area contributed by atoms with Gasteiger partial charge in [-0.3, -0.25) is 4.79 Å². The van der Waals surface area contributed by atoms with E-state index in [4.69, 9.17) is 27.9 Å². The fourth-order valence-electron chi connectivity index (χ4n) is 2.92. The van der Waals surface area contributed by atoms with E-state index in [0.717, 1.165) is 34.4 Å². The quantitative estimate of drug-likeness (QED) is 0.765. The average molecular weight is 335 g/mol. The standard InChI is InChI=1S/C18H16Cl2O2/c1-10-7-13(8-12-6-11(2)18(21)17(10)12)22-9-14-15(19)4-3-5-16(14)20/h3-5,7-8,11H,6,9H2,1-2H3. The average Bonchev–Trinajstić information content (AvgIpc) is 2.74. The van der Waals surface area contributed by atoms with E-state index in [0.29, 0.717) is 16.7 Å². The monoisotopic (exact) mass is 334 g/mol. The number of rotatable bonds is 3. The number of aryl methyl sites for hydroxylation is 1. The molecule has 2 aromatic carbocycles. The van der Waals surface area contributed by atoms with E-state index in [-0.39, 0.29) is 11.7 Å². The summed E-state index contributed by atoms with van der Waals surface area (Å²) in [6.07, 6.45) is 0.777. The zero-order valence-corrected chi connectivity index (χ0v) is 14.0. The first-order valence-electron chi connectivity index (χ1n) is 7.20. The summed E-state index contributed by atoms with van der Waals surface area (Å²) in [6.45, 7) is 4.22. The van der Waals surface area contributed by atoms with Gasteiger partial charge in [0.2, 0.25) is 0 Å². The van der Waals surface area contributed by atoms with Crippen molar-refractivity contribution in [2.45, 2.75) is 26.9 Å². The van der Waals surface area contributed by atoms with E-state index >= 15 is 0 Å². The van der Waals surface area contributed by atoms with Gasteiger partial charge in [0, 0.05) is 27.1 Å². The molecule has 0 bridgehead atoms. The third-order valence-electron chi connectivity index (χ3n) is 4.06. The number of carbonyl (C=O) groups is 1. The topological polar surface area (TPSA) is 26.3 Å². The van der Waals surface area contributed by atoms with Crippen molar-refractivity contribution in [2.24, 2.45) is 5.92 Å². The van der Waals surface area contributed by atoms with Gasteiger partial charge in [-0.2, -0.15) is 0 Å². The van der Waals surface area contributed by atoms with Gasteiger partial charge < -0.3 is 4.74 Å². The molecular weight excluding hydrogens is 319 g/mol. The number of fused-ring (bicyclic) bond motifs is 1. The number of ether oxygens (including phenoxy) is 1. The summed E-state index contributed by atoms with van der Waals surface area (Å²) in [5.41, 5.74) is 3.66. The highest BCUT2D eigenvalue weighted by atomic mass is 35.5. The molecule has 2 nitrogen and oxygen atoms in total. The molecule has 0 spiro atoms.